The number of carbonyl (C=O) groups is 2. The van der Waals surface area contributed by atoms with Crippen molar-refractivity contribution in [1.29, 1.82) is 0 Å². The van der Waals surface area contributed by atoms with Crippen molar-refractivity contribution in [3.05, 3.63) is 97.6 Å². The van der Waals surface area contributed by atoms with Crippen molar-refractivity contribution in [1.82, 2.24) is 10.3 Å². The Labute approximate surface area is 193 Å². The topological polar surface area (TPSA) is 121 Å². The number of nitrogens with one attached hydrogen (secondary N) is 1. The van der Waals surface area contributed by atoms with E-state index < -0.39 is 16.8 Å². The number of allylic oxidation sites excluding steroid dienone is 1. The van der Waals surface area contributed by atoms with Crippen molar-refractivity contribution in [2.24, 2.45) is 0 Å². The maximum atomic E-state index is 12.6. The number of nitrogens with zero attached hydrogens (tertiary/aromatic N) is 2. The number of benzene rings is 2. The summed E-state index contributed by atoms with van der Waals surface area (Å²) in [6, 6.07) is 14.9. The minimum Gasteiger partial charge on any atom is -0.486 e. The molecule has 0 aliphatic carbocycles. The monoisotopic (exact) mass is 467 g/mol. The van der Waals surface area contributed by atoms with Crippen LogP contribution in [0.4, 0.5) is 5.69 Å². The van der Waals surface area contributed by atoms with Crippen LogP contribution >= 0.6 is 11.3 Å². The smallest absolute Gasteiger partial charge is 0.355 e. The third-order valence-corrected chi connectivity index (χ3v) is 5.17. The van der Waals surface area contributed by atoms with Crippen molar-refractivity contribution in [2.75, 3.05) is 0 Å². The number of hydrogen-bond acceptors (Lipinski definition) is 8. The molecular formula is C23H21N3O6S. The summed E-state index contributed by atoms with van der Waals surface area (Å²) in [6.45, 7) is 3.46. The Hall–Kier alpha value is -4.05. The fraction of sp³-hybridized carbons (Fsp3) is 0.174. The third-order valence-electron chi connectivity index (χ3n) is 4.35. The molecule has 0 fully saturated rings. The first-order chi connectivity index (χ1) is 15.8. The lowest BCUT2D eigenvalue weighted by Gasteiger charge is -2.11. The molecule has 3 rings (SSSR count). The second kappa shape index (κ2) is 11.0. The number of nitro groups is 1. The Balaban J connectivity index is 1.57. The molecule has 1 aromatic heterocycles. The van der Waals surface area contributed by atoms with E-state index in [1.807, 2.05) is 30.3 Å². The summed E-state index contributed by atoms with van der Waals surface area (Å²) >= 11 is 1.27. The first-order valence-electron chi connectivity index (χ1n) is 9.85. The fourth-order valence-electron chi connectivity index (χ4n) is 2.64. The quantitative estimate of drug-likeness (QED) is 0.214. The zero-order chi connectivity index (χ0) is 23.8. The van der Waals surface area contributed by atoms with Gasteiger partial charge in [0, 0.05) is 17.5 Å². The molecule has 33 heavy (non-hydrogen) atoms. The first-order valence-corrected chi connectivity index (χ1v) is 10.7. The van der Waals surface area contributed by atoms with E-state index in [1.165, 1.54) is 35.6 Å². The molecular weight excluding hydrogens is 446 g/mol. The van der Waals surface area contributed by atoms with Crippen molar-refractivity contribution in [3.63, 3.8) is 0 Å². The predicted octanol–water partition coefficient (Wildman–Crippen LogP) is 4.40. The Morgan fingerprint density at radius 3 is 2.39 bits per heavy atom. The van der Waals surface area contributed by atoms with Crippen LogP contribution in [-0.4, -0.2) is 21.8 Å². The van der Waals surface area contributed by atoms with E-state index in [1.54, 1.807) is 19.2 Å². The number of thiazole rings is 1. The van der Waals surface area contributed by atoms with Gasteiger partial charge < -0.3 is 14.8 Å². The molecule has 0 radical (unpaired) electrons. The van der Waals surface area contributed by atoms with Gasteiger partial charge in [-0.15, -0.1) is 11.3 Å². The van der Waals surface area contributed by atoms with Crippen LogP contribution in [0.25, 0.3) is 0 Å². The highest BCUT2D eigenvalue weighted by molar-refractivity contribution is 7.09. The normalized spacial score (nSPS) is 10.2. The number of aromatic nitrogens is 1. The molecule has 1 amide bonds. The fourth-order valence-corrected chi connectivity index (χ4v) is 3.32. The Morgan fingerprint density at radius 2 is 1.76 bits per heavy atom. The molecule has 0 atom stereocenters. The highest BCUT2D eigenvalue weighted by Gasteiger charge is 2.19. The highest BCUT2D eigenvalue weighted by Crippen LogP contribution is 2.16. The molecule has 3 aromatic rings. The largest absolute Gasteiger partial charge is 0.486 e. The number of amides is 1. The van der Waals surface area contributed by atoms with Gasteiger partial charge in [-0.1, -0.05) is 18.2 Å². The number of non-ortho nitro benzene ring substituents is 1. The van der Waals surface area contributed by atoms with Crippen LogP contribution in [0, 0.1) is 10.1 Å². The predicted molar refractivity (Wildman–Crippen MR) is 122 cm³/mol. The van der Waals surface area contributed by atoms with Crippen LogP contribution in [0.5, 0.6) is 5.75 Å². The van der Waals surface area contributed by atoms with Gasteiger partial charge in [0.1, 0.15) is 35.4 Å². The van der Waals surface area contributed by atoms with E-state index >= 15 is 0 Å². The molecule has 0 saturated heterocycles. The summed E-state index contributed by atoms with van der Waals surface area (Å²) in [7, 11) is 0. The summed E-state index contributed by atoms with van der Waals surface area (Å²) in [5, 5.41) is 15.5. The number of para-hydroxylation sites is 1. The van der Waals surface area contributed by atoms with Crippen LogP contribution in [0.3, 0.4) is 0 Å². The summed E-state index contributed by atoms with van der Waals surface area (Å²) < 4.78 is 10.9. The second-order valence-corrected chi connectivity index (χ2v) is 8.00. The number of hydrogen-bond donors (Lipinski definition) is 1. The molecule has 9 nitrogen and oxygen atoms in total. The van der Waals surface area contributed by atoms with E-state index in [9.17, 15) is 19.7 Å². The van der Waals surface area contributed by atoms with Gasteiger partial charge in [-0.05, 0) is 49.2 Å². The van der Waals surface area contributed by atoms with Gasteiger partial charge >= 0.3 is 5.97 Å². The third kappa shape index (κ3) is 6.71. The Morgan fingerprint density at radius 1 is 1.06 bits per heavy atom. The minimum absolute atomic E-state index is 0.0111. The van der Waals surface area contributed by atoms with Gasteiger partial charge in [0.2, 0.25) is 0 Å². The van der Waals surface area contributed by atoms with Gasteiger partial charge in [0.15, 0.2) is 0 Å². The Bertz CT molecular complexity index is 1170. The van der Waals surface area contributed by atoms with E-state index in [-0.39, 0.29) is 30.3 Å². The van der Waals surface area contributed by atoms with Gasteiger partial charge in [-0.25, -0.2) is 9.78 Å². The van der Waals surface area contributed by atoms with Crippen molar-refractivity contribution < 1.29 is 24.0 Å². The van der Waals surface area contributed by atoms with Crippen LogP contribution in [0.1, 0.15) is 34.9 Å². The lowest BCUT2D eigenvalue weighted by Crippen LogP contribution is -2.29. The van der Waals surface area contributed by atoms with Crippen LogP contribution < -0.4 is 10.1 Å². The standard InChI is InChI=1S/C23H21N3O6S/c1-15(2)21(23(28)32-12-16-8-10-17(11-9-16)26(29)30)25-22(27)19-14-33-20(24-19)13-31-18-6-4-3-5-7-18/h3-11,14H,12-13H2,1-2H3,(H,25,27). The average molecular weight is 468 g/mol. The molecule has 0 unspecified atom stereocenters. The van der Waals surface area contributed by atoms with Gasteiger partial charge in [0.05, 0.1) is 4.92 Å². The maximum Gasteiger partial charge on any atom is 0.355 e. The number of rotatable bonds is 9. The highest BCUT2D eigenvalue weighted by atomic mass is 32.1. The molecule has 2 aromatic carbocycles. The van der Waals surface area contributed by atoms with E-state index in [4.69, 9.17) is 9.47 Å². The van der Waals surface area contributed by atoms with Crippen molar-refractivity contribution in [3.8, 4) is 5.75 Å². The molecule has 0 bridgehead atoms. The molecule has 0 aliphatic rings. The maximum absolute atomic E-state index is 12.6. The number of nitro benzene ring substituents is 1. The summed E-state index contributed by atoms with van der Waals surface area (Å²) in [5.41, 5.74) is 1.25. The van der Waals surface area contributed by atoms with E-state index in [0.717, 1.165) is 0 Å². The minimum atomic E-state index is -0.718. The summed E-state index contributed by atoms with van der Waals surface area (Å²) in [6.07, 6.45) is 0. The zero-order valence-electron chi connectivity index (χ0n) is 17.9. The zero-order valence-corrected chi connectivity index (χ0v) is 18.8. The number of esters is 1. The summed E-state index contributed by atoms with van der Waals surface area (Å²) in [5.74, 6) is -0.563. The van der Waals surface area contributed by atoms with Crippen LogP contribution in [0.2, 0.25) is 0 Å². The van der Waals surface area contributed by atoms with Crippen molar-refractivity contribution >= 4 is 28.9 Å². The molecule has 1 N–H and O–H groups in total. The van der Waals surface area contributed by atoms with Gasteiger partial charge in [0.25, 0.3) is 11.6 Å². The van der Waals surface area contributed by atoms with Gasteiger partial charge in [-0.2, -0.15) is 0 Å². The number of ether oxygens (including phenoxy) is 2. The van der Waals surface area contributed by atoms with E-state index in [2.05, 4.69) is 10.3 Å². The van der Waals surface area contributed by atoms with Gasteiger partial charge in [-0.3, -0.25) is 14.9 Å². The van der Waals surface area contributed by atoms with Crippen LogP contribution in [-0.2, 0) is 22.7 Å². The molecule has 170 valence electrons. The summed E-state index contributed by atoms with van der Waals surface area (Å²) in [4.78, 5) is 39.6. The first kappa shape index (κ1) is 23.6. The van der Waals surface area contributed by atoms with Crippen LogP contribution in [0.15, 0.2) is 71.2 Å². The SMILES string of the molecule is CC(C)=C(NC(=O)c1csc(COc2ccccc2)n1)C(=O)OCc1ccc([N+](=O)[O-])cc1. The number of carbonyl (C=O) groups excluding carboxylic acids is 2. The molecule has 10 heteroatoms. The molecule has 0 saturated carbocycles. The van der Waals surface area contributed by atoms with E-state index in [0.29, 0.717) is 21.9 Å². The Kier molecular flexibility index (Phi) is 7.87. The lowest BCUT2D eigenvalue weighted by atomic mass is 10.2. The second-order valence-electron chi connectivity index (χ2n) is 7.06. The average Bonchev–Trinajstić information content (AvgIpc) is 3.29. The van der Waals surface area contributed by atoms with Crippen molar-refractivity contribution in [2.45, 2.75) is 27.1 Å². The molecule has 0 spiro atoms. The molecule has 1 heterocycles. The lowest BCUT2D eigenvalue weighted by molar-refractivity contribution is -0.384. The molecule has 0 aliphatic heterocycles.